The lowest BCUT2D eigenvalue weighted by Gasteiger charge is -2.17. The number of imide groups is 1. The van der Waals surface area contributed by atoms with Gasteiger partial charge in [-0.15, -0.1) is 0 Å². The minimum atomic E-state index is -4.74. The van der Waals surface area contributed by atoms with Crippen LogP contribution in [0.2, 0.25) is 0 Å². The Morgan fingerprint density at radius 2 is 1.80 bits per heavy atom. The highest BCUT2D eigenvalue weighted by molar-refractivity contribution is 7.86. The second-order valence-electron chi connectivity index (χ2n) is 5.79. The van der Waals surface area contributed by atoms with Crippen LogP contribution < -0.4 is 16.2 Å². The number of nitrogens with one attached hydrogen (secondary N) is 1. The third kappa shape index (κ3) is 5.02. The van der Waals surface area contributed by atoms with Crippen LogP contribution in [0.15, 0.2) is 41.4 Å². The highest BCUT2D eigenvalue weighted by Crippen LogP contribution is 2.31. The molecule has 2 aromatic rings. The van der Waals surface area contributed by atoms with Gasteiger partial charge in [-0.25, -0.2) is 20.5 Å². The average Bonchev–Trinajstić information content (AvgIpc) is 3.05. The molecule has 13 heteroatoms. The number of nitrogens with two attached hydrogens (primary N) is 1. The van der Waals surface area contributed by atoms with E-state index in [1.165, 1.54) is 36.5 Å². The van der Waals surface area contributed by atoms with Gasteiger partial charge in [0.15, 0.2) is 6.29 Å². The average molecular weight is 436 g/mol. The summed E-state index contributed by atoms with van der Waals surface area (Å²) in [5.74, 6) is 3.31. The Balaban J connectivity index is 0.000000248. The third-order valence-electron chi connectivity index (χ3n) is 3.86. The molecule has 0 unspecified atom stereocenters. The number of carboxylic acid groups (broad SMARTS) is 1. The van der Waals surface area contributed by atoms with Crippen molar-refractivity contribution in [3.05, 3.63) is 47.7 Å². The zero-order valence-electron chi connectivity index (χ0n) is 15.2. The van der Waals surface area contributed by atoms with E-state index < -0.39 is 32.8 Å². The minimum absolute atomic E-state index is 0.0327. The van der Waals surface area contributed by atoms with Gasteiger partial charge in [0.25, 0.3) is 10.1 Å². The van der Waals surface area contributed by atoms with Crippen LogP contribution >= 0.6 is 0 Å². The van der Waals surface area contributed by atoms with E-state index in [1.807, 2.05) is 0 Å². The number of carbonyl (C=O) groups is 4. The molecule has 1 aliphatic rings. The summed E-state index contributed by atoms with van der Waals surface area (Å²) in [6.07, 6.45) is 1.40. The number of rotatable bonds is 5. The number of anilines is 2. The Hall–Kier alpha value is -3.68. The Morgan fingerprint density at radius 3 is 2.23 bits per heavy atom. The first kappa shape index (κ1) is 22.6. The molecule has 158 valence electrons. The molecule has 0 bridgehead atoms. The molecule has 0 aliphatic carbocycles. The molecule has 0 radical (unpaired) electrons. The minimum Gasteiger partial charge on any atom is -0.478 e. The van der Waals surface area contributed by atoms with Crippen LogP contribution in [0, 0.1) is 0 Å². The number of hydrogen-bond acceptors (Lipinski definition) is 9. The lowest BCUT2D eigenvalue weighted by atomic mass is 10.2. The molecule has 2 heterocycles. The van der Waals surface area contributed by atoms with Crippen molar-refractivity contribution in [3.63, 3.8) is 0 Å². The first-order chi connectivity index (χ1) is 14.1. The topological polar surface area (TPSA) is 197 Å². The molecule has 0 spiro atoms. The highest BCUT2D eigenvalue weighted by Gasteiger charge is 2.35. The molecule has 12 nitrogen and oxygen atoms in total. The molecular formula is C17H16N4O8S. The Labute approximate surface area is 170 Å². The fraction of sp³-hybridized carbons (Fsp3) is 0.118. The summed E-state index contributed by atoms with van der Waals surface area (Å²) in [4.78, 5) is 48.0. The lowest BCUT2D eigenvalue weighted by Crippen LogP contribution is -2.30. The molecule has 2 amide bonds. The SMILES string of the molecule is NNc1ccc(C(=O)O)cn1.O=Cc1cccc(N2C(=O)CCC2=O)c1S(=O)(=O)O. The second kappa shape index (κ2) is 9.21. The number of carbonyl (C=O) groups excluding carboxylic acids is 3. The van der Waals surface area contributed by atoms with Crippen molar-refractivity contribution in [2.45, 2.75) is 17.7 Å². The fourth-order valence-electron chi connectivity index (χ4n) is 2.54. The van der Waals surface area contributed by atoms with Gasteiger partial charge in [0.05, 0.1) is 11.3 Å². The number of benzene rings is 1. The van der Waals surface area contributed by atoms with Gasteiger partial charge in [0.1, 0.15) is 10.7 Å². The summed E-state index contributed by atoms with van der Waals surface area (Å²) in [6, 6.07) is 6.60. The second-order valence-corrected chi connectivity index (χ2v) is 7.15. The molecule has 3 rings (SSSR count). The predicted molar refractivity (Wildman–Crippen MR) is 102 cm³/mol. The number of aromatic carboxylic acids is 1. The summed E-state index contributed by atoms with van der Waals surface area (Å²) >= 11 is 0. The molecule has 1 aliphatic heterocycles. The standard InChI is InChI=1S/C11H9NO6S.C6H7N3O2/c13-6-7-2-1-3-8(11(7)19(16,17)18)12-9(14)4-5-10(12)15;7-9-5-2-1-4(3-8-5)6(10)11/h1-3,6H,4-5H2,(H,16,17,18);1-3H,7H2,(H,8,9)(H,10,11). The number of hydrogen-bond donors (Lipinski definition) is 4. The maximum Gasteiger partial charge on any atom is 0.337 e. The van der Waals surface area contributed by atoms with E-state index in [9.17, 15) is 32.1 Å². The lowest BCUT2D eigenvalue weighted by molar-refractivity contribution is -0.121. The summed E-state index contributed by atoms with van der Waals surface area (Å²) in [7, 11) is -4.74. The Kier molecular flexibility index (Phi) is 6.94. The van der Waals surface area contributed by atoms with Gasteiger partial charge in [-0.1, -0.05) is 12.1 Å². The maximum absolute atomic E-state index is 11.6. The number of aldehydes is 1. The van der Waals surface area contributed by atoms with Gasteiger partial charge >= 0.3 is 5.97 Å². The predicted octanol–water partition coefficient (Wildman–Crippen LogP) is 0.465. The summed E-state index contributed by atoms with van der Waals surface area (Å²) in [5, 5.41) is 8.46. The van der Waals surface area contributed by atoms with Crippen LogP contribution in [0.5, 0.6) is 0 Å². The van der Waals surface area contributed by atoms with Crippen LogP contribution in [-0.4, -0.2) is 47.1 Å². The largest absolute Gasteiger partial charge is 0.478 e. The number of nitrogen functional groups attached to an aromatic ring is 1. The van der Waals surface area contributed by atoms with Crippen molar-refractivity contribution in [1.82, 2.24) is 4.98 Å². The smallest absolute Gasteiger partial charge is 0.337 e. The first-order valence-electron chi connectivity index (χ1n) is 8.17. The van der Waals surface area contributed by atoms with Crippen LogP contribution in [0.4, 0.5) is 11.5 Å². The Bertz CT molecular complexity index is 1080. The zero-order chi connectivity index (χ0) is 22.5. The number of carboxylic acids is 1. The van der Waals surface area contributed by atoms with Gasteiger partial charge in [-0.2, -0.15) is 8.42 Å². The molecule has 30 heavy (non-hydrogen) atoms. The monoisotopic (exact) mass is 436 g/mol. The molecule has 5 N–H and O–H groups in total. The van der Waals surface area contributed by atoms with Gasteiger partial charge in [0.2, 0.25) is 11.8 Å². The number of aromatic nitrogens is 1. The number of amides is 2. The summed E-state index contributed by atoms with van der Waals surface area (Å²) < 4.78 is 31.9. The fourth-order valence-corrected chi connectivity index (χ4v) is 3.38. The van der Waals surface area contributed by atoms with Crippen molar-refractivity contribution >= 4 is 45.7 Å². The van der Waals surface area contributed by atoms with Crippen LogP contribution in [0.1, 0.15) is 33.6 Å². The van der Waals surface area contributed by atoms with Crippen molar-refractivity contribution in [3.8, 4) is 0 Å². The molecule has 1 aromatic carbocycles. The normalized spacial score (nSPS) is 13.5. The van der Waals surface area contributed by atoms with E-state index in [4.69, 9.17) is 10.9 Å². The molecular weight excluding hydrogens is 420 g/mol. The van der Waals surface area contributed by atoms with Gasteiger partial charge < -0.3 is 10.5 Å². The van der Waals surface area contributed by atoms with Gasteiger partial charge in [-0.3, -0.25) is 18.9 Å². The van der Waals surface area contributed by atoms with E-state index >= 15 is 0 Å². The maximum atomic E-state index is 11.6. The third-order valence-corrected chi connectivity index (χ3v) is 4.82. The molecule has 1 fully saturated rings. The van der Waals surface area contributed by atoms with Crippen molar-refractivity contribution in [2.24, 2.45) is 5.84 Å². The van der Waals surface area contributed by atoms with Crippen LogP contribution in [-0.2, 0) is 19.7 Å². The molecule has 1 aromatic heterocycles. The summed E-state index contributed by atoms with van der Waals surface area (Å²) in [5.41, 5.74) is 1.83. The number of hydrazine groups is 1. The molecule has 0 saturated carbocycles. The van der Waals surface area contributed by atoms with Gasteiger partial charge in [-0.05, 0) is 18.2 Å². The molecule has 1 saturated heterocycles. The Morgan fingerprint density at radius 1 is 1.17 bits per heavy atom. The van der Waals surface area contributed by atoms with Gasteiger partial charge in [0, 0.05) is 24.6 Å². The molecule has 0 atom stereocenters. The zero-order valence-corrected chi connectivity index (χ0v) is 16.0. The van der Waals surface area contributed by atoms with E-state index in [1.54, 1.807) is 0 Å². The van der Waals surface area contributed by atoms with E-state index in [-0.39, 0.29) is 35.9 Å². The highest BCUT2D eigenvalue weighted by atomic mass is 32.2. The quantitative estimate of drug-likeness (QED) is 0.167. The first-order valence-corrected chi connectivity index (χ1v) is 9.61. The van der Waals surface area contributed by atoms with E-state index in [2.05, 4.69) is 10.4 Å². The number of pyridine rings is 1. The van der Waals surface area contributed by atoms with Crippen LogP contribution in [0.25, 0.3) is 0 Å². The summed E-state index contributed by atoms with van der Waals surface area (Å²) in [6.45, 7) is 0. The number of nitrogens with zero attached hydrogens (tertiary/aromatic N) is 2. The van der Waals surface area contributed by atoms with Crippen molar-refractivity contribution < 1.29 is 37.3 Å². The van der Waals surface area contributed by atoms with Crippen molar-refractivity contribution in [1.29, 1.82) is 0 Å². The van der Waals surface area contributed by atoms with E-state index in [0.29, 0.717) is 10.7 Å². The van der Waals surface area contributed by atoms with Crippen molar-refractivity contribution in [2.75, 3.05) is 10.3 Å². The van der Waals surface area contributed by atoms with E-state index in [0.717, 1.165) is 0 Å². The van der Waals surface area contributed by atoms with Crippen LogP contribution in [0.3, 0.4) is 0 Å².